The molecule has 1 saturated heterocycles. The molecule has 2 atom stereocenters. The van der Waals surface area contributed by atoms with Gasteiger partial charge in [0.2, 0.25) is 0 Å². The van der Waals surface area contributed by atoms with Crippen molar-refractivity contribution in [3.8, 4) is 0 Å². The molecule has 0 aromatic heterocycles. The molecule has 2 aliphatic heterocycles. The Hall–Kier alpha value is -4.98. The van der Waals surface area contributed by atoms with E-state index in [1.54, 1.807) is 13.0 Å². The molecule has 2 unspecified atom stereocenters. The lowest BCUT2D eigenvalue weighted by molar-refractivity contribution is -0.757. The van der Waals surface area contributed by atoms with Crippen molar-refractivity contribution < 1.29 is 33.9 Å². The number of carbonyl (C=O) groups is 2. The number of likely N-dealkylation sites (tertiary alicyclic amines) is 1. The highest BCUT2D eigenvalue weighted by atomic mass is 16.9. The van der Waals surface area contributed by atoms with Gasteiger partial charge in [-0.25, -0.2) is 9.59 Å². The minimum absolute atomic E-state index is 0.00797. The van der Waals surface area contributed by atoms with Gasteiger partial charge < -0.3 is 25.4 Å². The summed E-state index contributed by atoms with van der Waals surface area (Å²) in [5, 5.41) is 23.9. The van der Waals surface area contributed by atoms with Crippen LogP contribution >= 0.6 is 0 Å². The van der Waals surface area contributed by atoms with Crippen LogP contribution in [-0.4, -0.2) is 59.3 Å². The zero-order valence-corrected chi connectivity index (χ0v) is 25.0. The highest BCUT2D eigenvalue weighted by molar-refractivity contribution is 6.00. The molecule has 0 radical (unpaired) electrons. The molecule has 0 bridgehead atoms. The Balaban J connectivity index is 1.53. The Bertz CT molecular complexity index is 1460. The Morgan fingerprint density at radius 1 is 1.00 bits per heavy atom. The van der Waals surface area contributed by atoms with Crippen LogP contribution in [0.1, 0.15) is 56.1 Å². The summed E-state index contributed by atoms with van der Waals surface area (Å²) in [5.74, 6) is -2.58. The number of allylic oxidation sites excluding steroid dienone is 1. The van der Waals surface area contributed by atoms with Crippen molar-refractivity contribution in [1.82, 2.24) is 10.2 Å². The van der Waals surface area contributed by atoms with E-state index in [0.29, 0.717) is 50.0 Å². The highest BCUT2D eigenvalue weighted by Crippen LogP contribution is 2.39. The maximum atomic E-state index is 13.8. The molecule has 0 spiro atoms. The lowest BCUT2D eigenvalue weighted by Gasteiger charge is -2.34. The number of benzene rings is 2. The molecule has 3 N–H and O–H groups in total. The van der Waals surface area contributed by atoms with Crippen LogP contribution in [0.4, 0.5) is 5.69 Å². The molecule has 2 aliphatic rings. The topological polar surface area (TPSA) is 189 Å². The molecule has 45 heavy (non-hydrogen) atoms. The molecular formula is C31H37N5O9. The number of hydrogen-bond acceptors (Lipinski definition) is 12. The molecule has 2 aromatic carbocycles. The van der Waals surface area contributed by atoms with Gasteiger partial charge in [-0.2, -0.15) is 0 Å². The van der Waals surface area contributed by atoms with Crippen molar-refractivity contribution in [2.75, 3.05) is 26.3 Å². The summed E-state index contributed by atoms with van der Waals surface area (Å²) in [5.41, 5.74) is 7.96. The number of nitro groups is 1. The predicted octanol–water partition coefficient (Wildman–Crippen LogP) is 3.86. The number of nitrogens with two attached hydrogens (primary N) is 1. The van der Waals surface area contributed by atoms with Crippen LogP contribution in [0.25, 0.3) is 0 Å². The Morgan fingerprint density at radius 2 is 1.76 bits per heavy atom. The second-order valence-corrected chi connectivity index (χ2v) is 10.9. The van der Waals surface area contributed by atoms with Crippen LogP contribution in [0.15, 0.2) is 77.3 Å². The summed E-state index contributed by atoms with van der Waals surface area (Å²) in [6.45, 7) is 3.62. The summed E-state index contributed by atoms with van der Waals surface area (Å²) in [4.78, 5) is 55.2. The van der Waals surface area contributed by atoms with Crippen molar-refractivity contribution in [3.05, 3.63) is 109 Å². The first kappa shape index (κ1) is 32.9. The molecule has 0 aliphatic carbocycles. The smallest absolute Gasteiger partial charge is 0.338 e. The van der Waals surface area contributed by atoms with Crippen LogP contribution in [0.3, 0.4) is 0 Å². The third-order valence-electron chi connectivity index (χ3n) is 7.65. The predicted molar refractivity (Wildman–Crippen MR) is 161 cm³/mol. The minimum atomic E-state index is -1.09. The van der Waals surface area contributed by atoms with Gasteiger partial charge in [0, 0.05) is 30.9 Å². The lowest BCUT2D eigenvalue weighted by Crippen LogP contribution is -2.42. The highest BCUT2D eigenvalue weighted by Gasteiger charge is 2.40. The minimum Gasteiger partial charge on any atom is -0.462 e. The number of hydrogen-bond donors (Lipinski definition) is 2. The average molecular weight is 624 g/mol. The largest absolute Gasteiger partial charge is 0.462 e. The van der Waals surface area contributed by atoms with Gasteiger partial charge in [-0.1, -0.05) is 42.5 Å². The van der Waals surface area contributed by atoms with E-state index in [4.69, 9.17) is 15.2 Å². The van der Waals surface area contributed by atoms with E-state index < -0.39 is 34.0 Å². The SMILES string of the molecule is CC1=C(C(=O)OCCCCCO[N+](=O)[O-])C(c2cccc([N+](=O)[O-])c2)C(C(=O)OC2CCCN(Cc3ccccc3)C2)=C(N)N1. The fourth-order valence-electron chi connectivity index (χ4n) is 5.58. The van der Waals surface area contributed by atoms with E-state index in [1.165, 1.54) is 18.2 Å². The van der Waals surface area contributed by atoms with Gasteiger partial charge in [0.05, 0.1) is 35.2 Å². The third-order valence-corrected chi connectivity index (χ3v) is 7.65. The number of unbranched alkanes of at least 4 members (excludes halogenated alkanes) is 2. The number of dihydropyridines is 1. The normalized spacial score (nSPS) is 18.6. The van der Waals surface area contributed by atoms with Crippen molar-refractivity contribution in [3.63, 3.8) is 0 Å². The van der Waals surface area contributed by atoms with E-state index >= 15 is 0 Å². The van der Waals surface area contributed by atoms with Gasteiger partial charge in [-0.3, -0.25) is 15.0 Å². The van der Waals surface area contributed by atoms with E-state index in [9.17, 15) is 29.8 Å². The summed E-state index contributed by atoms with van der Waals surface area (Å²) in [6, 6.07) is 15.7. The van der Waals surface area contributed by atoms with Gasteiger partial charge in [0.15, 0.2) is 0 Å². The number of nitrogens with zero attached hydrogens (tertiary/aromatic N) is 3. The number of carbonyl (C=O) groups excluding carboxylic acids is 2. The molecule has 14 heteroatoms. The first-order valence-corrected chi connectivity index (χ1v) is 14.8. The summed E-state index contributed by atoms with van der Waals surface area (Å²) >= 11 is 0. The zero-order valence-electron chi connectivity index (χ0n) is 25.0. The fraction of sp³-hybridized carbons (Fsp3) is 0.419. The summed E-state index contributed by atoms with van der Waals surface area (Å²) in [7, 11) is 0. The fourth-order valence-corrected chi connectivity index (χ4v) is 5.58. The number of piperidine rings is 1. The van der Waals surface area contributed by atoms with Gasteiger partial charge in [-0.15, -0.1) is 10.1 Å². The maximum Gasteiger partial charge on any atom is 0.338 e. The Morgan fingerprint density at radius 3 is 2.49 bits per heavy atom. The van der Waals surface area contributed by atoms with Crippen LogP contribution in [0.2, 0.25) is 0 Å². The van der Waals surface area contributed by atoms with Crippen molar-refractivity contribution in [2.45, 2.75) is 57.6 Å². The van der Waals surface area contributed by atoms with Gasteiger partial charge in [0.1, 0.15) is 11.9 Å². The molecule has 4 rings (SSSR count). The second-order valence-electron chi connectivity index (χ2n) is 10.9. The Labute approximate surface area is 260 Å². The van der Waals surface area contributed by atoms with Crippen molar-refractivity contribution >= 4 is 17.6 Å². The summed E-state index contributed by atoms with van der Waals surface area (Å²) in [6.07, 6.45) is 2.37. The number of ether oxygens (including phenoxy) is 2. The molecule has 2 aromatic rings. The maximum absolute atomic E-state index is 13.8. The van der Waals surface area contributed by atoms with E-state index in [1.807, 2.05) is 30.3 Å². The summed E-state index contributed by atoms with van der Waals surface area (Å²) < 4.78 is 11.5. The molecule has 240 valence electrons. The molecule has 14 nitrogen and oxygen atoms in total. The number of rotatable bonds is 14. The average Bonchev–Trinajstić information content (AvgIpc) is 3.00. The number of nitro benzene ring substituents is 1. The van der Waals surface area contributed by atoms with Crippen LogP contribution in [-0.2, 0) is 30.4 Å². The van der Waals surface area contributed by atoms with Gasteiger partial charge in [0.25, 0.3) is 10.8 Å². The molecule has 0 saturated carbocycles. The Kier molecular flexibility index (Phi) is 11.5. The zero-order chi connectivity index (χ0) is 32.3. The monoisotopic (exact) mass is 623 g/mol. The van der Waals surface area contributed by atoms with E-state index in [0.717, 1.165) is 18.5 Å². The third kappa shape index (κ3) is 9.01. The number of non-ortho nitro benzene ring substituents is 1. The van der Waals surface area contributed by atoms with E-state index in [-0.39, 0.29) is 35.9 Å². The second kappa shape index (κ2) is 15.7. The van der Waals surface area contributed by atoms with Crippen LogP contribution < -0.4 is 11.1 Å². The molecular weight excluding hydrogens is 586 g/mol. The standard InChI is InChI=1S/C31H37N5O9/c1-21-26(30(37)43-16-6-3-7-17-44-36(41)42)27(23-12-8-13-24(18-23)35(39)40)28(29(32)33-21)31(38)45-25-14-9-15-34(20-25)19-22-10-4-2-5-11-22/h2,4-5,8,10-13,18,25,27,33H,3,6-7,9,14-17,19-20,32H2,1H3. The van der Waals surface area contributed by atoms with Crippen molar-refractivity contribution in [2.24, 2.45) is 5.73 Å². The quantitative estimate of drug-likeness (QED) is 0.134. The van der Waals surface area contributed by atoms with Crippen LogP contribution in [0.5, 0.6) is 0 Å². The number of esters is 2. The molecule has 0 amide bonds. The first-order valence-electron chi connectivity index (χ1n) is 14.8. The first-order chi connectivity index (χ1) is 21.6. The van der Waals surface area contributed by atoms with Gasteiger partial charge >= 0.3 is 11.9 Å². The van der Waals surface area contributed by atoms with Gasteiger partial charge in [-0.05, 0) is 56.7 Å². The van der Waals surface area contributed by atoms with Crippen molar-refractivity contribution in [1.29, 1.82) is 0 Å². The van der Waals surface area contributed by atoms with E-state index in [2.05, 4.69) is 15.1 Å². The van der Waals surface area contributed by atoms with Crippen LogP contribution in [0, 0.1) is 20.2 Å². The molecule has 2 heterocycles. The molecule has 1 fully saturated rings. The lowest BCUT2D eigenvalue weighted by atomic mass is 9.81. The number of nitrogens with one attached hydrogen (secondary N) is 1.